The lowest BCUT2D eigenvalue weighted by molar-refractivity contribution is -0.136. The van der Waals surface area contributed by atoms with Gasteiger partial charge in [-0.25, -0.2) is 0 Å². The average molecular weight is 415 g/mol. The van der Waals surface area contributed by atoms with Gasteiger partial charge >= 0.3 is 0 Å². The van der Waals surface area contributed by atoms with E-state index < -0.39 is 6.04 Å². The van der Waals surface area contributed by atoms with Crippen molar-refractivity contribution in [1.82, 2.24) is 20.9 Å². The SMILES string of the molecule is O=C1CCC(N2Cc3c(CNC(=S)NC4CCCCC4)cccc3C2=O)C(=O)N1. The number of hydrogen-bond donors (Lipinski definition) is 3. The van der Waals surface area contributed by atoms with E-state index in [1.54, 1.807) is 11.0 Å². The molecule has 3 aliphatic rings. The van der Waals surface area contributed by atoms with E-state index in [2.05, 4.69) is 16.0 Å². The number of fused-ring (bicyclic) bond motifs is 1. The van der Waals surface area contributed by atoms with Crippen molar-refractivity contribution in [1.29, 1.82) is 0 Å². The van der Waals surface area contributed by atoms with E-state index in [9.17, 15) is 14.4 Å². The second kappa shape index (κ2) is 8.49. The minimum Gasteiger partial charge on any atom is -0.360 e. The van der Waals surface area contributed by atoms with Gasteiger partial charge in [0.2, 0.25) is 11.8 Å². The molecule has 3 N–H and O–H groups in total. The van der Waals surface area contributed by atoms with E-state index in [4.69, 9.17) is 12.2 Å². The summed E-state index contributed by atoms with van der Waals surface area (Å²) in [5, 5.41) is 9.64. The van der Waals surface area contributed by atoms with Crippen LogP contribution in [0.1, 0.15) is 66.4 Å². The standard InChI is InChI=1S/C21H26N4O3S/c26-18-10-9-17(19(27)24-18)25-12-16-13(5-4-8-15(16)20(25)28)11-22-21(29)23-14-6-2-1-3-7-14/h4-5,8,14,17H,1-3,6-7,9-12H2,(H2,22,23,29)(H,24,26,27). The van der Waals surface area contributed by atoms with Gasteiger partial charge in [-0.2, -0.15) is 0 Å². The first-order chi connectivity index (χ1) is 14.0. The fraction of sp³-hybridized carbons (Fsp3) is 0.524. The fourth-order valence-corrected chi connectivity index (χ4v) is 4.71. The topological polar surface area (TPSA) is 90.5 Å². The van der Waals surface area contributed by atoms with E-state index in [1.165, 1.54) is 19.3 Å². The number of hydrogen-bond acceptors (Lipinski definition) is 4. The Morgan fingerprint density at radius 1 is 1.14 bits per heavy atom. The lowest BCUT2D eigenvalue weighted by atomic mass is 9.96. The molecular weight excluding hydrogens is 388 g/mol. The number of piperidine rings is 1. The lowest BCUT2D eigenvalue weighted by Crippen LogP contribution is -2.52. The summed E-state index contributed by atoms with van der Waals surface area (Å²) in [7, 11) is 0. The Kier molecular flexibility index (Phi) is 5.80. The molecule has 0 spiro atoms. The third-order valence-corrected chi connectivity index (χ3v) is 6.32. The van der Waals surface area contributed by atoms with Crippen LogP contribution in [-0.2, 0) is 22.7 Å². The first-order valence-electron chi connectivity index (χ1n) is 10.3. The third-order valence-electron chi connectivity index (χ3n) is 6.06. The molecular formula is C21H26N4O3S. The number of nitrogens with zero attached hydrogens (tertiary/aromatic N) is 1. The van der Waals surface area contributed by atoms with Crippen LogP contribution in [0.5, 0.6) is 0 Å². The molecule has 1 aliphatic carbocycles. The predicted molar refractivity (Wildman–Crippen MR) is 112 cm³/mol. The van der Waals surface area contributed by atoms with Gasteiger partial charge in [-0.1, -0.05) is 31.4 Å². The van der Waals surface area contributed by atoms with Crippen molar-refractivity contribution in [2.24, 2.45) is 0 Å². The van der Waals surface area contributed by atoms with Crippen molar-refractivity contribution in [3.8, 4) is 0 Å². The summed E-state index contributed by atoms with van der Waals surface area (Å²) in [6, 6.07) is 5.48. The van der Waals surface area contributed by atoms with Gasteiger partial charge in [-0.3, -0.25) is 19.7 Å². The van der Waals surface area contributed by atoms with E-state index in [1.807, 2.05) is 12.1 Å². The number of benzene rings is 1. The minimum atomic E-state index is -0.595. The maximum atomic E-state index is 12.9. The number of carbonyl (C=O) groups excluding carboxylic acids is 3. The van der Waals surface area contributed by atoms with Gasteiger partial charge in [0.15, 0.2) is 5.11 Å². The zero-order chi connectivity index (χ0) is 20.4. The Hall–Kier alpha value is -2.48. The number of carbonyl (C=O) groups is 3. The highest BCUT2D eigenvalue weighted by molar-refractivity contribution is 7.80. The molecule has 1 saturated heterocycles. The quantitative estimate of drug-likeness (QED) is 0.514. The molecule has 154 valence electrons. The van der Waals surface area contributed by atoms with E-state index in [0.29, 0.717) is 36.2 Å². The second-order valence-electron chi connectivity index (χ2n) is 8.01. The van der Waals surface area contributed by atoms with Crippen LogP contribution < -0.4 is 16.0 Å². The second-order valence-corrected chi connectivity index (χ2v) is 8.41. The van der Waals surface area contributed by atoms with Gasteiger partial charge in [-0.05, 0) is 48.7 Å². The fourth-order valence-electron chi connectivity index (χ4n) is 4.47. The smallest absolute Gasteiger partial charge is 0.255 e. The molecule has 2 heterocycles. The van der Waals surface area contributed by atoms with Crippen molar-refractivity contribution < 1.29 is 14.4 Å². The van der Waals surface area contributed by atoms with E-state index in [-0.39, 0.29) is 24.1 Å². The zero-order valence-corrected chi connectivity index (χ0v) is 17.1. The minimum absolute atomic E-state index is 0.153. The van der Waals surface area contributed by atoms with Gasteiger partial charge in [0.1, 0.15) is 6.04 Å². The first kappa shape index (κ1) is 19.8. The third kappa shape index (κ3) is 4.27. The summed E-state index contributed by atoms with van der Waals surface area (Å²) in [6.07, 6.45) is 6.71. The van der Waals surface area contributed by atoms with Crippen LogP contribution >= 0.6 is 12.2 Å². The molecule has 1 aromatic rings. The normalized spacial score (nSPS) is 22.3. The molecule has 2 fully saturated rings. The summed E-state index contributed by atoms with van der Waals surface area (Å²) in [5.74, 6) is -0.821. The molecule has 4 rings (SSSR count). The Morgan fingerprint density at radius 3 is 2.69 bits per heavy atom. The highest BCUT2D eigenvalue weighted by atomic mass is 32.1. The van der Waals surface area contributed by atoms with Crippen molar-refractivity contribution in [3.63, 3.8) is 0 Å². The monoisotopic (exact) mass is 414 g/mol. The van der Waals surface area contributed by atoms with Crippen molar-refractivity contribution >= 4 is 35.1 Å². The summed E-state index contributed by atoms with van der Waals surface area (Å²) >= 11 is 5.45. The van der Waals surface area contributed by atoms with Gasteiger partial charge < -0.3 is 15.5 Å². The Morgan fingerprint density at radius 2 is 1.93 bits per heavy atom. The van der Waals surface area contributed by atoms with Crippen LogP contribution in [0.25, 0.3) is 0 Å². The Balaban J connectivity index is 1.41. The summed E-state index contributed by atoms with van der Waals surface area (Å²) in [4.78, 5) is 38.1. The molecule has 1 saturated carbocycles. The van der Waals surface area contributed by atoms with Crippen molar-refractivity contribution in [2.75, 3.05) is 0 Å². The number of rotatable bonds is 4. The summed E-state index contributed by atoms with van der Waals surface area (Å²) in [5.41, 5.74) is 2.55. The first-order valence-corrected chi connectivity index (χ1v) is 10.7. The van der Waals surface area contributed by atoms with Crippen LogP contribution in [0.4, 0.5) is 0 Å². The zero-order valence-electron chi connectivity index (χ0n) is 16.3. The van der Waals surface area contributed by atoms with Crippen LogP contribution in [0.3, 0.4) is 0 Å². The van der Waals surface area contributed by atoms with E-state index >= 15 is 0 Å². The molecule has 1 atom stereocenters. The van der Waals surface area contributed by atoms with Crippen LogP contribution in [0.2, 0.25) is 0 Å². The van der Waals surface area contributed by atoms with Gasteiger partial charge in [0, 0.05) is 31.1 Å². The molecule has 3 amide bonds. The molecule has 1 unspecified atom stereocenters. The Bertz CT molecular complexity index is 850. The predicted octanol–water partition coefficient (Wildman–Crippen LogP) is 1.74. The van der Waals surface area contributed by atoms with Crippen molar-refractivity contribution in [2.45, 2.75) is 70.1 Å². The molecule has 8 heteroatoms. The molecule has 2 aliphatic heterocycles. The van der Waals surface area contributed by atoms with Gasteiger partial charge in [0.05, 0.1) is 0 Å². The lowest BCUT2D eigenvalue weighted by Gasteiger charge is -2.29. The molecule has 0 bridgehead atoms. The maximum absolute atomic E-state index is 12.9. The van der Waals surface area contributed by atoms with Crippen LogP contribution in [-0.4, -0.2) is 39.8 Å². The Labute approximate surface area is 175 Å². The van der Waals surface area contributed by atoms with E-state index in [0.717, 1.165) is 24.0 Å². The van der Waals surface area contributed by atoms with Gasteiger partial charge in [-0.15, -0.1) is 0 Å². The average Bonchev–Trinajstić information content (AvgIpc) is 3.04. The number of amides is 3. The molecule has 0 aromatic heterocycles. The highest BCUT2D eigenvalue weighted by Gasteiger charge is 2.39. The van der Waals surface area contributed by atoms with Crippen LogP contribution in [0.15, 0.2) is 18.2 Å². The van der Waals surface area contributed by atoms with Crippen molar-refractivity contribution in [3.05, 3.63) is 34.9 Å². The van der Waals surface area contributed by atoms with Gasteiger partial charge in [0.25, 0.3) is 5.91 Å². The molecule has 1 aromatic carbocycles. The molecule has 0 radical (unpaired) electrons. The molecule has 7 nitrogen and oxygen atoms in total. The summed E-state index contributed by atoms with van der Waals surface area (Å²) < 4.78 is 0. The largest absolute Gasteiger partial charge is 0.360 e. The number of nitrogens with one attached hydrogen (secondary N) is 3. The summed E-state index contributed by atoms with van der Waals surface area (Å²) in [6.45, 7) is 0.902. The molecule has 29 heavy (non-hydrogen) atoms. The van der Waals surface area contributed by atoms with Crippen LogP contribution in [0, 0.1) is 0 Å². The number of imide groups is 1. The maximum Gasteiger partial charge on any atom is 0.255 e. The number of thiocarbonyl (C=S) groups is 1. The highest BCUT2D eigenvalue weighted by Crippen LogP contribution is 2.29.